The second-order valence-electron chi connectivity index (χ2n) is 8.48. The third-order valence-corrected chi connectivity index (χ3v) is 6.39. The highest BCUT2D eigenvalue weighted by molar-refractivity contribution is 6.00. The van der Waals surface area contributed by atoms with E-state index in [9.17, 15) is 4.79 Å². The number of nitrogens with zero attached hydrogens (tertiary/aromatic N) is 2. The van der Waals surface area contributed by atoms with E-state index in [0.717, 1.165) is 48.1 Å². The van der Waals surface area contributed by atoms with Gasteiger partial charge in [0.1, 0.15) is 0 Å². The third-order valence-electron chi connectivity index (χ3n) is 6.39. The van der Waals surface area contributed by atoms with Gasteiger partial charge in [-0.15, -0.1) is 0 Å². The predicted molar refractivity (Wildman–Crippen MR) is 122 cm³/mol. The van der Waals surface area contributed by atoms with Gasteiger partial charge in [-0.3, -0.25) is 4.79 Å². The number of oxazole rings is 1. The van der Waals surface area contributed by atoms with Crippen molar-refractivity contribution in [3.05, 3.63) is 77.5 Å². The molecule has 0 aliphatic heterocycles. The van der Waals surface area contributed by atoms with Crippen LogP contribution in [-0.4, -0.2) is 15.9 Å². The lowest BCUT2D eigenvalue weighted by Gasteiger charge is -2.29. The summed E-state index contributed by atoms with van der Waals surface area (Å²) in [5.41, 5.74) is 5.66. The highest BCUT2D eigenvalue weighted by Gasteiger charge is 2.42. The molecule has 0 saturated heterocycles. The number of hydrogen-bond acceptors (Lipinski definition) is 4. The summed E-state index contributed by atoms with van der Waals surface area (Å²) >= 11 is 0. The molecular formula is C26H25N3O2. The lowest BCUT2D eigenvalue weighted by molar-refractivity contribution is -0.121. The maximum atomic E-state index is 13.6. The van der Waals surface area contributed by atoms with Crippen molar-refractivity contribution in [2.24, 2.45) is 0 Å². The van der Waals surface area contributed by atoms with Crippen molar-refractivity contribution in [3.8, 4) is 11.5 Å². The van der Waals surface area contributed by atoms with Crippen LogP contribution in [0.1, 0.15) is 42.4 Å². The number of aryl methyl sites for hydroxylation is 2. The summed E-state index contributed by atoms with van der Waals surface area (Å²) in [6, 6.07) is 18.0. The Kier molecular flexibility index (Phi) is 4.81. The molecule has 0 unspecified atom stereocenters. The highest BCUT2D eigenvalue weighted by Crippen LogP contribution is 2.42. The molecule has 31 heavy (non-hydrogen) atoms. The quantitative estimate of drug-likeness (QED) is 0.450. The molecule has 2 aromatic heterocycles. The molecule has 4 aromatic rings. The minimum atomic E-state index is -0.475. The highest BCUT2D eigenvalue weighted by atomic mass is 16.3. The zero-order valence-electron chi connectivity index (χ0n) is 17.8. The Morgan fingerprint density at radius 3 is 2.55 bits per heavy atom. The van der Waals surface area contributed by atoms with E-state index >= 15 is 0 Å². The van der Waals surface area contributed by atoms with Gasteiger partial charge >= 0.3 is 0 Å². The minimum Gasteiger partial charge on any atom is -0.434 e. The Morgan fingerprint density at radius 2 is 1.81 bits per heavy atom. The lowest BCUT2D eigenvalue weighted by Crippen LogP contribution is -2.38. The topological polar surface area (TPSA) is 68.0 Å². The summed E-state index contributed by atoms with van der Waals surface area (Å²) in [5.74, 6) is 0.562. The summed E-state index contributed by atoms with van der Waals surface area (Å²) in [6.07, 6.45) is 5.57. The van der Waals surface area contributed by atoms with Crippen LogP contribution in [0.25, 0.3) is 22.7 Å². The SMILES string of the molecule is Cc1ccc(C2(C(=O)Nc3cc(-c4nc5ncccc5o4)ccc3C)CCCC2)cc1. The number of anilines is 1. The van der Waals surface area contributed by atoms with Gasteiger partial charge in [-0.1, -0.05) is 48.7 Å². The molecule has 1 saturated carbocycles. The molecule has 1 aliphatic rings. The van der Waals surface area contributed by atoms with Crippen molar-refractivity contribution in [2.45, 2.75) is 44.9 Å². The first kappa shape index (κ1) is 19.5. The number of amides is 1. The number of pyridine rings is 1. The van der Waals surface area contributed by atoms with Crippen LogP contribution in [0.2, 0.25) is 0 Å². The predicted octanol–water partition coefficient (Wildman–Crippen LogP) is 5.96. The van der Waals surface area contributed by atoms with Crippen molar-refractivity contribution in [1.29, 1.82) is 0 Å². The van der Waals surface area contributed by atoms with Gasteiger partial charge in [0.25, 0.3) is 0 Å². The van der Waals surface area contributed by atoms with Gasteiger partial charge in [0.2, 0.25) is 11.8 Å². The molecule has 2 heterocycles. The number of carbonyl (C=O) groups is 1. The van der Waals surface area contributed by atoms with E-state index in [2.05, 4.69) is 46.5 Å². The van der Waals surface area contributed by atoms with Crippen LogP contribution in [0, 0.1) is 13.8 Å². The monoisotopic (exact) mass is 411 g/mol. The second-order valence-corrected chi connectivity index (χ2v) is 8.48. The second kappa shape index (κ2) is 7.65. The maximum Gasteiger partial charge on any atom is 0.235 e. The number of benzene rings is 2. The molecule has 0 radical (unpaired) electrons. The maximum absolute atomic E-state index is 13.6. The molecule has 2 aromatic carbocycles. The molecule has 1 aliphatic carbocycles. The van der Waals surface area contributed by atoms with Crippen molar-refractivity contribution in [3.63, 3.8) is 0 Å². The first-order valence-corrected chi connectivity index (χ1v) is 10.8. The van der Waals surface area contributed by atoms with E-state index in [-0.39, 0.29) is 5.91 Å². The van der Waals surface area contributed by atoms with E-state index < -0.39 is 5.41 Å². The van der Waals surface area contributed by atoms with Gasteiger partial charge in [-0.2, -0.15) is 4.98 Å². The number of rotatable bonds is 4. The molecule has 0 bridgehead atoms. The Bertz CT molecular complexity index is 1220. The van der Waals surface area contributed by atoms with E-state index in [1.54, 1.807) is 6.20 Å². The van der Waals surface area contributed by atoms with Crippen LogP contribution in [0.3, 0.4) is 0 Å². The van der Waals surface area contributed by atoms with Crippen molar-refractivity contribution in [2.75, 3.05) is 5.32 Å². The fourth-order valence-corrected chi connectivity index (χ4v) is 4.52. The average Bonchev–Trinajstić information content (AvgIpc) is 3.44. The van der Waals surface area contributed by atoms with Crippen LogP contribution < -0.4 is 5.32 Å². The Hall–Kier alpha value is -3.47. The summed E-state index contributed by atoms with van der Waals surface area (Å²) in [6.45, 7) is 4.07. The molecular weight excluding hydrogens is 386 g/mol. The molecule has 1 amide bonds. The van der Waals surface area contributed by atoms with E-state index in [1.807, 2.05) is 37.3 Å². The fraction of sp³-hybridized carbons (Fsp3) is 0.269. The molecule has 5 nitrogen and oxygen atoms in total. The molecule has 5 heteroatoms. The molecule has 0 spiro atoms. The number of aromatic nitrogens is 2. The Labute approximate surface area is 181 Å². The first-order valence-electron chi connectivity index (χ1n) is 10.8. The molecule has 1 fully saturated rings. The van der Waals surface area contributed by atoms with Gasteiger partial charge in [-0.05, 0) is 62.1 Å². The lowest BCUT2D eigenvalue weighted by atomic mass is 9.77. The van der Waals surface area contributed by atoms with Crippen LogP contribution in [0.4, 0.5) is 5.69 Å². The number of fused-ring (bicyclic) bond motifs is 1. The smallest absolute Gasteiger partial charge is 0.235 e. The summed E-state index contributed by atoms with van der Waals surface area (Å²) in [7, 11) is 0. The zero-order valence-corrected chi connectivity index (χ0v) is 17.8. The van der Waals surface area contributed by atoms with Crippen LogP contribution >= 0.6 is 0 Å². The Balaban J connectivity index is 1.48. The average molecular weight is 412 g/mol. The van der Waals surface area contributed by atoms with Crippen LogP contribution in [-0.2, 0) is 10.2 Å². The van der Waals surface area contributed by atoms with Gasteiger partial charge < -0.3 is 9.73 Å². The van der Waals surface area contributed by atoms with Gasteiger partial charge in [-0.25, -0.2) is 4.98 Å². The number of nitrogens with one attached hydrogen (secondary N) is 1. The van der Waals surface area contributed by atoms with Crippen molar-refractivity contribution in [1.82, 2.24) is 9.97 Å². The molecule has 0 atom stereocenters. The summed E-state index contributed by atoms with van der Waals surface area (Å²) < 4.78 is 5.87. The van der Waals surface area contributed by atoms with Gasteiger partial charge in [0, 0.05) is 17.4 Å². The van der Waals surface area contributed by atoms with E-state index in [4.69, 9.17) is 4.42 Å². The molecule has 5 rings (SSSR count). The van der Waals surface area contributed by atoms with Crippen LogP contribution in [0.5, 0.6) is 0 Å². The van der Waals surface area contributed by atoms with Gasteiger partial charge in [0.05, 0.1) is 5.41 Å². The van der Waals surface area contributed by atoms with Crippen LogP contribution in [0.15, 0.2) is 65.2 Å². The number of carbonyl (C=O) groups excluding carboxylic acids is 1. The summed E-state index contributed by atoms with van der Waals surface area (Å²) in [4.78, 5) is 22.3. The van der Waals surface area contributed by atoms with Crippen molar-refractivity contribution < 1.29 is 9.21 Å². The normalized spacial score (nSPS) is 15.3. The minimum absolute atomic E-state index is 0.0633. The molecule has 156 valence electrons. The van der Waals surface area contributed by atoms with Gasteiger partial charge in [0.15, 0.2) is 11.2 Å². The van der Waals surface area contributed by atoms with E-state index in [0.29, 0.717) is 17.1 Å². The third kappa shape index (κ3) is 3.50. The standard InChI is InChI=1S/C26H25N3O2/c1-17-7-11-20(12-8-17)26(13-3-4-14-26)25(30)28-21-16-19(10-9-18(21)2)24-29-23-22(31-24)6-5-15-27-23/h5-12,15-16H,3-4,13-14H2,1-2H3,(H,28,30). The fourth-order valence-electron chi connectivity index (χ4n) is 4.52. The summed E-state index contributed by atoms with van der Waals surface area (Å²) in [5, 5.41) is 3.23. The van der Waals surface area contributed by atoms with Crippen molar-refractivity contribution >= 4 is 22.8 Å². The zero-order chi connectivity index (χ0) is 21.4. The largest absolute Gasteiger partial charge is 0.434 e. The first-order chi connectivity index (χ1) is 15.0. The molecule has 1 N–H and O–H groups in total. The Morgan fingerprint density at radius 1 is 1.03 bits per heavy atom. The number of hydrogen-bond donors (Lipinski definition) is 1. The van der Waals surface area contributed by atoms with E-state index in [1.165, 1.54) is 5.56 Å².